The number of pyridine rings is 1. The third kappa shape index (κ3) is 2.79. The van der Waals surface area contributed by atoms with Crippen LogP contribution in [0.3, 0.4) is 0 Å². The lowest BCUT2D eigenvalue weighted by atomic mass is 10.1. The normalized spacial score (nSPS) is 17.2. The van der Waals surface area contributed by atoms with Crippen molar-refractivity contribution >= 4 is 5.91 Å². The zero-order chi connectivity index (χ0) is 12.3. The molecule has 0 atom stereocenters. The first-order chi connectivity index (χ1) is 8.20. The Morgan fingerprint density at radius 3 is 2.82 bits per heavy atom. The van der Waals surface area contributed by atoms with E-state index in [1.807, 2.05) is 0 Å². The van der Waals surface area contributed by atoms with Crippen LogP contribution < -0.4 is 0 Å². The van der Waals surface area contributed by atoms with Crippen molar-refractivity contribution in [2.24, 2.45) is 0 Å². The summed E-state index contributed by atoms with van der Waals surface area (Å²) in [6.45, 7) is 1.31. The molecule has 1 amide bonds. The first-order valence-corrected chi connectivity index (χ1v) is 5.64. The van der Waals surface area contributed by atoms with Gasteiger partial charge in [0.2, 0.25) is 5.95 Å². The minimum absolute atomic E-state index is 0.138. The molecule has 17 heavy (non-hydrogen) atoms. The summed E-state index contributed by atoms with van der Waals surface area (Å²) in [4.78, 5) is 17.2. The quantitative estimate of drug-likeness (QED) is 0.733. The van der Waals surface area contributed by atoms with E-state index in [-0.39, 0.29) is 12.0 Å². The van der Waals surface area contributed by atoms with E-state index in [9.17, 15) is 9.18 Å². The third-order valence-corrected chi connectivity index (χ3v) is 3.04. The zero-order valence-corrected chi connectivity index (χ0v) is 9.73. The molecule has 0 N–H and O–H groups in total. The van der Waals surface area contributed by atoms with Crippen LogP contribution in [0.4, 0.5) is 4.39 Å². The summed E-state index contributed by atoms with van der Waals surface area (Å²) in [5.41, 5.74) is 0.355. The number of rotatable bonds is 2. The molecule has 2 rings (SSSR count). The standard InChI is InChI=1S/C12H15FN2O2/c1-17-10-3-6-15(7-4-10)12(16)9-2-5-14-11(13)8-9/h2,5,8,10H,3-4,6-7H2,1H3. The monoisotopic (exact) mass is 238 g/mol. The van der Waals surface area contributed by atoms with Gasteiger partial charge in [0.25, 0.3) is 5.91 Å². The molecule has 0 radical (unpaired) electrons. The lowest BCUT2D eigenvalue weighted by Gasteiger charge is -2.31. The average molecular weight is 238 g/mol. The molecular formula is C12H15FN2O2. The molecule has 0 saturated carbocycles. The van der Waals surface area contributed by atoms with Crippen molar-refractivity contribution in [2.75, 3.05) is 20.2 Å². The van der Waals surface area contributed by atoms with Crippen molar-refractivity contribution in [3.63, 3.8) is 0 Å². The summed E-state index contributed by atoms with van der Waals surface area (Å²) >= 11 is 0. The number of likely N-dealkylation sites (tertiary alicyclic amines) is 1. The number of aromatic nitrogens is 1. The van der Waals surface area contributed by atoms with Crippen molar-refractivity contribution in [2.45, 2.75) is 18.9 Å². The number of halogens is 1. The second-order valence-electron chi connectivity index (χ2n) is 4.09. The minimum Gasteiger partial charge on any atom is -0.381 e. The lowest BCUT2D eigenvalue weighted by molar-refractivity contribution is 0.0350. The SMILES string of the molecule is COC1CCN(C(=O)c2ccnc(F)c2)CC1. The molecular weight excluding hydrogens is 223 g/mol. The molecule has 1 aliphatic rings. The topological polar surface area (TPSA) is 42.4 Å². The van der Waals surface area contributed by atoms with Crippen LogP contribution in [0.25, 0.3) is 0 Å². The zero-order valence-electron chi connectivity index (χ0n) is 9.73. The maximum absolute atomic E-state index is 12.9. The number of hydrogen-bond donors (Lipinski definition) is 0. The van der Waals surface area contributed by atoms with Crippen LogP contribution >= 0.6 is 0 Å². The van der Waals surface area contributed by atoms with Gasteiger partial charge in [-0.05, 0) is 18.9 Å². The Kier molecular flexibility index (Phi) is 3.68. The average Bonchev–Trinajstić information content (AvgIpc) is 2.38. The van der Waals surface area contributed by atoms with Gasteiger partial charge in [0, 0.05) is 38.0 Å². The molecule has 1 aromatic rings. The van der Waals surface area contributed by atoms with Gasteiger partial charge in [-0.25, -0.2) is 4.98 Å². The van der Waals surface area contributed by atoms with Crippen LogP contribution in [0, 0.1) is 5.95 Å². The highest BCUT2D eigenvalue weighted by molar-refractivity contribution is 5.94. The predicted octanol–water partition coefficient (Wildman–Crippen LogP) is 1.47. The van der Waals surface area contributed by atoms with Gasteiger partial charge < -0.3 is 9.64 Å². The van der Waals surface area contributed by atoms with E-state index in [0.717, 1.165) is 12.8 Å². The van der Waals surface area contributed by atoms with Crippen molar-refractivity contribution in [1.29, 1.82) is 0 Å². The van der Waals surface area contributed by atoms with Gasteiger partial charge in [-0.3, -0.25) is 4.79 Å². The molecule has 1 aromatic heterocycles. The Hall–Kier alpha value is -1.49. The van der Waals surface area contributed by atoms with Crippen LogP contribution in [0.2, 0.25) is 0 Å². The van der Waals surface area contributed by atoms with E-state index in [1.165, 1.54) is 18.3 Å². The van der Waals surface area contributed by atoms with E-state index >= 15 is 0 Å². The van der Waals surface area contributed by atoms with Crippen molar-refractivity contribution in [3.05, 3.63) is 29.8 Å². The van der Waals surface area contributed by atoms with Crippen LogP contribution in [0.5, 0.6) is 0 Å². The Labute approximate surface area is 99.4 Å². The third-order valence-electron chi connectivity index (χ3n) is 3.04. The molecule has 4 nitrogen and oxygen atoms in total. The maximum Gasteiger partial charge on any atom is 0.254 e. The molecule has 5 heteroatoms. The van der Waals surface area contributed by atoms with Gasteiger partial charge >= 0.3 is 0 Å². The molecule has 0 aromatic carbocycles. The Morgan fingerprint density at radius 2 is 2.24 bits per heavy atom. The van der Waals surface area contributed by atoms with Gasteiger partial charge in [0.15, 0.2) is 0 Å². The van der Waals surface area contributed by atoms with E-state index in [1.54, 1.807) is 12.0 Å². The van der Waals surface area contributed by atoms with Crippen molar-refractivity contribution < 1.29 is 13.9 Å². The number of methoxy groups -OCH3 is 1. The summed E-state index contributed by atoms with van der Waals surface area (Å²) in [5.74, 6) is -0.761. The lowest BCUT2D eigenvalue weighted by Crippen LogP contribution is -2.40. The van der Waals surface area contributed by atoms with Gasteiger partial charge in [0.05, 0.1) is 6.10 Å². The molecule has 1 fully saturated rings. The molecule has 1 aliphatic heterocycles. The maximum atomic E-state index is 12.9. The molecule has 92 valence electrons. The molecule has 0 aliphatic carbocycles. The predicted molar refractivity (Wildman–Crippen MR) is 60.1 cm³/mol. The number of nitrogens with zero attached hydrogens (tertiary/aromatic N) is 2. The number of hydrogen-bond acceptors (Lipinski definition) is 3. The number of ether oxygens (including phenoxy) is 1. The molecule has 0 spiro atoms. The fourth-order valence-electron chi connectivity index (χ4n) is 2.01. The summed E-state index contributed by atoms with van der Waals surface area (Å²) in [6, 6.07) is 2.71. The van der Waals surface area contributed by atoms with Crippen molar-refractivity contribution in [1.82, 2.24) is 9.88 Å². The Morgan fingerprint density at radius 1 is 1.53 bits per heavy atom. The number of carbonyl (C=O) groups is 1. The van der Waals surface area contributed by atoms with E-state index < -0.39 is 5.95 Å². The van der Waals surface area contributed by atoms with Gasteiger partial charge in [-0.15, -0.1) is 0 Å². The molecule has 1 saturated heterocycles. The van der Waals surface area contributed by atoms with Gasteiger partial charge in [0.1, 0.15) is 0 Å². The highest BCUT2D eigenvalue weighted by atomic mass is 19.1. The van der Waals surface area contributed by atoms with Crippen LogP contribution in [-0.2, 0) is 4.74 Å². The van der Waals surface area contributed by atoms with Gasteiger partial charge in [-0.1, -0.05) is 0 Å². The first-order valence-electron chi connectivity index (χ1n) is 5.64. The smallest absolute Gasteiger partial charge is 0.254 e. The largest absolute Gasteiger partial charge is 0.381 e. The first kappa shape index (κ1) is 12.0. The molecule has 0 bridgehead atoms. The van der Waals surface area contributed by atoms with Crippen LogP contribution in [0.1, 0.15) is 23.2 Å². The van der Waals surface area contributed by atoms with E-state index in [2.05, 4.69) is 4.98 Å². The summed E-state index contributed by atoms with van der Waals surface area (Å²) in [5, 5.41) is 0. The number of piperidine rings is 1. The Balaban J connectivity index is 2.02. The number of amides is 1. The summed E-state index contributed by atoms with van der Waals surface area (Å²) in [6.07, 6.45) is 3.20. The van der Waals surface area contributed by atoms with Crippen molar-refractivity contribution in [3.8, 4) is 0 Å². The highest BCUT2D eigenvalue weighted by Gasteiger charge is 2.23. The Bertz CT molecular complexity index is 403. The number of carbonyl (C=O) groups excluding carboxylic acids is 1. The fourth-order valence-corrected chi connectivity index (χ4v) is 2.01. The second kappa shape index (κ2) is 5.23. The summed E-state index contributed by atoms with van der Waals surface area (Å²) in [7, 11) is 1.68. The summed E-state index contributed by atoms with van der Waals surface area (Å²) < 4.78 is 18.1. The minimum atomic E-state index is -0.623. The van der Waals surface area contributed by atoms with Gasteiger partial charge in [-0.2, -0.15) is 4.39 Å². The second-order valence-corrected chi connectivity index (χ2v) is 4.09. The van der Waals surface area contributed by atoms with E-state index in [0.29, 0.717) is 18.7 Å². The van der Waals surface area contributed by atoms with Crippen LogP contribution in [-0.4, -0.2) is 42.1 Å². The molecule has 0 unspecified atom stereocenters. The van der Waals surface area contributed by atoms with Crippen LogP contribution in [0.15, 0.2) is 18.3 Å². The van der Waals surface area contributed by atoms with E-state index in [4.69, 9.17) is 4.74 Å². The fraction of sp³-hybridized carbons (Fsp3) is 0.500. The highest BCUT2D eigenvalue weighted by Crippen LogP contribution is 2.15. The molecule has 2 heterocycles.